The largest absolute Gasteiger partial charge is 0.326 e. The first-order valence-corrected chi connectivity index (χ1v) is 9.41. The van der Waals surface area contributed by atoms with Gasteiger partial charge in [0.1, 0.15) is 0 Å². The number of halogens is 2. The predicted octanol–water partition coefficient (Wildman–Crippen LogP) is 5.56. The minimum atomic E-state index is -0.115. The van der Waals surface area contributed by atoms with E-state index in [0.29, 0.717) is 33.6 Å². The molecule has 27 heavy (non-hydrogen) atoms. The van der Waals surface area contributed by atoms with Crippen molar-refractivity contribution in [2.75, 3.05) is 5.32 Å². The summed E-state index contributed by atoms with van der Waals surface area (Å²) < 4.78 is 1.97. The number of benzene rings is 2. The molecule has 0 aliphatic carbocycles. The highest BCUT2D eigenvalue weighted by atomic mass is 35.5. The summed E-state index contributed by atoms with van der Waals surface area (Å²) in [5.74, 6) is 0.590. The molecular formula is C20H18Cl2N4O. The Kier molecular flexibility index (Phi) is 4.36. The fourth-order valence-electron chi connectivity index (χ4n) is 3.43. The highest BCUT2D eigenvalue weighted by molar-refractivity contribution is 6.39. The van der Waals surface area contributed by atoms with Crippen LogP contribution in [0.4, 0.5) is 11.6 Å². The van der Waals surface area contributed by atoms with Gasteiger partial charge in [0.25, 0.3) is 5.56 Å². The molecule has 4 rings (SSSR count). The number of fused-ring (bicyclic) bond motifs is 3. The summed E-state index contributed by atoms with van der Waals surface area (Å²) >= 11 is 12.6. The van der Waals surface area contributed by atoms with E-state index in [1.54, 1.807) is 18.2 Å². The van der Waals surface area contributed by atoms with E-state index in [1.165, 1.54) is 0 Å². The van der Waals surface area contributed by atoms with Crippen LogP contribution in [0.1, 0.15) is 18.2 Å². The van der Waals surface area contributed by atoms with Crippen LogP contribution in [0, 0.1) is 13.8 Å². The SMILES string of the molecule is CCn1c(Nc2c(Cl)cccc2Cl)nc2ccc3c(C)c(C)[nH]c(=O)c3c21. The van der Waals surface area contributed by atoms with Gasteiger partial charge < -0.3 is 14.9 Å². The molecule has 0 fully saturated rings. The normalized spacial score (nSPS) is 11.4. The molecule has 2 aromatic carbocycles. The lowest BCUT2D eigenvalue weighted by Gasteiger charge is -2.12. The molecule has 7 heteroatoms. The van der Waals surface area contributed by atoms with Gasteiger partial charge in [0.05, 0.1) is 32.2 Å². The lowest BCUT2D eigenvalue weighted by atomic mass is 10.0. The Bertz CT molecular complexity index is 1240. The second kappa shape index (κ2) is 6.59. The number of H-pyrrole nitrogens is 1. The monoisotopic (exact) mass is 400 g/mol. The van der Waals surface area contributed by atoms with Crippen LogP contribution < -0.4 is 10.9 Å². The molecule has 0 radical (unpaired) electrons. The Morgan fingerprint density at radius 3 is 2.52 bits per heavy atom. The Balaban J connectivity index is 2.03. The zero-order valence-electron chi connectivity index (χ0n) is 15.2. The molecule has 0 bridgehead atoms. The van der Waals surface area contributed by atoms with Gasteiger partial charge in [0.15, 0.2) is 0 Å². The zero-order valence-corrected chi connectivity index (χ0v) is 16.7. The number of aromatic amines is 1. The smallest absolute Gasteiger partial charge is 0.258 e. The summed E-state index contributed by atoms with van der Waals surface area (Å²) in [6, 6.07) is 9.21. The summed E-state index contributed by atoms with van der Waals surface area (Å²) in [4.78, 5) is 20.4. The molecule has 0 amide bonds. The molecule has 2 aromatic heterocycles. The van der Waals surface area contributed by atoms with Crippen molar-refractivity contribution in [3.63, 3.8) is 0 Å². The van der Waals surface area contributed by atoms with Crippen molar-refractivity contribution in [3.05, 3.63) is 62.0 Å². The van der Waals surface area contributed by atoms with Crippen LogP contribution in [0.2, 0.25) is 10.0 Å². The number of nitrogens with one attached hydrogen (secondary N) is 2. The van der Waals surface area contributed by atoms with Crippen LogP contribution in [0.3, 0.4) is 0 Å². The number of imidazole rings is 1. The average Bonchev–Trinajstić information content (AvgIpc) is 2.99. The number of nitrogens with zero attached hydrogens (tertiary/aromatic N) is 2. The number of hydrogen-bond acceptors (Lipinski definition) is 3. The van der Waals surface area contributed by atoms with Crippen LogP contribution in [-0.2, 0) is 6.54 Å². The van der Waals surface area contributed by atoms with Crippen LogP contribution in [0.15, 0.2) is 35.1 Å². The van der Waals surface area contributed by atoms with Crippen LogP contribution in [0.5, 0.6) is 0 Å². The van der Waals surface area contributed by atoms with Gasteiger partial charge in [0.2, 0.25) is 5.95 Å². The summed E-state index contributed by atoms with van der Waals surface area (Å²) in [6.07, 6.45) is 0. The van der Waals surface area contributed by atoms with Crippen molar-refractivity contribution >= 4 is 56.6 Å². The quantitative estimate of drug-likeness (QED) is 0.472. The van der Waals surface area contributed by atoms with E-state index >= 15 is 0 Å². The van der Waals surface area contributed by atoms with E-state index in [4.69, 9.17) is 23.2 Å². The van der Waals surface area contributed by atoms with E-state index in [2.05, 4.69) is 15.3 Å². The van der Waals surface area contributed by atoms with Gasteiger partial charge >= 0.3 is 0 Å². The van der Waals surface area contributed by atoms with Gasteiger partial charge in [-0.3, -0.25) is 4.79 Å². The van der Waals surface area contributed by atoms with Gasteiger partial charge in [-0.05, 0) is 49.9 Å². The molecule has 138 valence electrons. The van der Waals surface area contributed by atoms with Gasteiger partial charge in [-0.1, -0.05) is 35.3 Å². The van der Waals surface area contributed by atoms with Crippen molar-refractivity contribution in [1.29, 1.82) is 0 Å². The predicted molar refractivity (Wildman–Crippen MR) is 113 cm³/mol. The van der Waals surface area contributed by atoms with Gasteiger partial charge in [0, 0.05) is 12.2 Å². The third-order valence-corrected chi connectivity index (χ3v) is 5.55. The second-order valence-electron chi connectivity index (χ2n) is 6.46. The summed E-state index contributed by atoms with van der Waals surface area (Å²) in [5, 5.41) is 5.82. The fraction of sp³-hybridized carbons (Fsp3) is 0.200. The number of aromatic nitrogens is 3. The minimum absolute atomic E-state index is 0.115. The molecule has 0 aliphatic rings. The number of para-hydroxylation sites is 1. The molecule has 2 heterocycles. The van der Waals surface area contributed by atoms with Gasteiger partial charge in [-0.15, -0.1) is 0 Å². The summed E-state index contributed by atoms with van der Waals surface area (Å²) in [6.45, 7) is 6.56. The first-order chi connectivity index (χ1) is 12.9. The summed E-state index contributed by atoms with van der Waals surface area (Å²) in [5.41, 5.74) is 3.94. The highest BCUT2D eigenvalue weighted by Gasteiger charge is 2.18. The molecule has 2 N–H and O–H groups in total. The first-order valence-electron chi connectivity index (χ1n) is 8.65. The third kappa shape index (κ3) is 2.78. The Labute approximate surface area is 165 Å². The van der Waals surface area contributed by atoms with Crippen molar-refractivity contribution in [1.82, 2.24) is 14.5 Å². The zero-order chi connectivity index (χ0) is 19.3. The Morgan fingerprint density at radius 1 is 1.15 bits per heavy atom. The molecule has 0 aliphatic heterocycles. The van der Waals surface area contributed by atoms with E-state index in [0.717, 1.165) is 27.7 Å². The average molecular weight is 401 g/mol. The van der Waals surface area contributed by atoms with Crippen LogP contribution in [0.25, 0.3) is 21.8 Å². The van der Waals surface area contributed by atoms with E-state index < -0.39 is 0 Å². The van der Waals surface area contributed by atoms with Gasteiger partial charge in [-0.2, -0.15) is 0 Å². The number of aryl methyl sites for hydroxylation is 3. The molecule has 0 saturated carbocycles. The topological polar surface area (TPSA) is 62.7 Å². The standard InChI is InChI=1S/C20H18Cl2N4O/c1-4-26-18-15(9-8-12-10(2)11(3)23-19(27)16(12)18)24-20(26)25-17-13(21)6-5-7-14(17)22/h5-9H,4H2,1-3H3,(H,23,27)(H,24,25). The van der Waals surface area contributed by atoms with E-state index in [1.807, 2.05) is 37.5 Å². The van der Waals surface area contributed by atoms with E-state index in [9.17, 15) is 4.79 Å². The number of hydrogen-bond donors (Lipinski definition) is 2. The third-order valence-electron chi connectivity index (χ3n) is 4.92. The van der Waals surface area contributed by atoms with Crippen LogP contribution >= 0.6 is 23.2 Å². The molecule has 5 nitrogen and oxygen atoms in total. The van der Waals surface area contributed by atoms with Crippen molar-refractivity contribution in [2.24, 2.45) is 0 Å². The van der Waals surface area contributed by atoms with E-state index in [-0.39, 0.29) is 5.56 Å². The van der Waals surface area contributed by atoms with Crippen LogP contribution in [-0.4, -0.2) is 14.5 Å². The second-order valence-corrected chi connectivity index (χ2v) is 7.28. The fourth-order valence-corrected chi connectivity index (χ4v) is 3.92. The maximum absolute atomic E-state index is 12.8. The van der Waals surface area contributed by atoms with Crippen molar-refractivity contribution in [2.45, 2.75) is 27.3 Å². The molecule has 0 saturated heterocycles. The minimum Gasteiger partial charge on any atom is -0.326 e. The van der Waals surface area contributed by atoms with Crippen molar-refractivity contribution < 1.29 is 0 Å². The lowest BCUT2D eigenvalue weighted by Crippen LogP contribution is -2.11. The first kappa shape index (κ1) is 17.9. The maximum atomic E-state index is 12.8. The van der Waals surface area contributed by atoms with Crippen molar-refractivity contribution in [3.8, 4) is 0 Å². The number of rotatable bonds is 3. The Morgan fingerprint density at radius 2 is 1.85 bits per heavy atom. The summed E-state index contributed by atoms with van der Waals surface area (Å²) in [7, 11) is 0. The molecular weight excluding hydrogens is 383 g/mol. The maximum Gasteiger partial charge on any atom is 0.258 e. The van der Waals surface area contributed by atoms with Gasteiger partial charge in [-0.25, -0.2) is 4.98 Å². The molecule has 0 unspecified atom stereocenters. The Hall–Kier alpha value is -2.50. The number of pyridine rings is 1. The highest BCUT2D eigenvalue weighted by Crippen LogP contribution is 2.34. The molecule has 4 aromatic rings. The lowest BCUT2D eigenvalue weighted by molar-refractivity contribution is 0.799. The molecule has 0 spiro atoms. The molecule has 0 atom stereocenters. The number of anilines is 2.